The molecule has 0 amide bonds. The predicted molar refractivity (Wildman–Crippen MR) is 62.3 cm³/mol. The number of benzene rings is 1. The van der Waals surface area contributed by atoms with Gasteiger partial charge in [0.2, 0.25) is 4.69 Å². The Kier molecular flexibility index (Phi) is 4.39. The molecule has 0 aromatic heterocycles. The minimum atomic E-state index is -0.530. The van der Waals surface area contributed by atoms with Gasteiger partial charge in [0, 0.05) is 25.5 Å². The van der Waals surface area contributed by atoms with Gasteiger partial charge < -0.3 is 9.47 Å². The van der Waals surface area contributed by atoms with E-state index in [0.29, 0.717) is 0 Å². The number of halogens is 1. The summed E-state index contributed by atoms with van der Waals surface area (Å²) in [7, 11) is 0. The highest BCUT2D eigenvalue weighted by Gasteiger charge is 2.10. The maximum absolute atomic E-state index is 11.2. The quantitative estimate of drug-likeness (QED) is 0.485. The van der Waals surface area contributed by atoms with Crippen LogP contribution in [-0.4, -0.2) is 16.6 Å². The van der Waals surface area contributed by atoms with Crippen LogP contribution in [0.1, 0.15) is 24.2 Å². The van der Waals surface area contributed by atoms with E-state index in [9.17, 15) is 14.4 Å². The molecular formula is C11H9BrO5. The van der Waals surface area contributed by atoms with Crippen LogP contribution in [0.25, 0.3) is 0 Å². The summed E-state index contributed by atoms with van der Waals surface area (Å²) in [5.41, 5.74) is 0.222. The molecule has 0 aliphatic heterocycles. The van der Waals surface area contributed by atoms with Crippen LogP contribution < -0.4 is 9.47 Å². The van der Waals surface area contributed by atoms with Gasteiger partial charge in [-0.3, -0.25) is 14.4 Å². The zero-order chi connectivity index (χ0) is 13.0. The first-order valence-electron chi connectivity index (χ1n) is 4.60. The van der Waals surface area contributed by atoms with Gasteiger partial charge in [-0.15, -0.1) is 0 Å². The van der Waals surface area contributed by atoms with Gasteiger partial charge in [0.25, 0.3) is 0 Å². The van der Waals surface area contributed by atoms with E-state index in [1.54, 1.807) is 0 Å². The lowest BCUT2D eigenvalue weighted by Gasteiger charge is -2.06. The zero-order valence-electron chi connectivity index (χ0n) is 9.15. The fraction of sp³-hybridized carbons (Fsp3) is 0.182. The standard InChI is InChI=1S/C11H9BrO5/c1-6(13)16-9-3-8(11(12)15)4-10(5-9)17-7(2)14/h3-5H,1-2H3. The number of hydrogen-bond acceptors (Lipinski definition) is 5. The Morgan fingerprint density at radius 2 is 1.35 bits per heavy atom. The molecule has 0 fully saturated rings. The summed E-state index contributed by atoms with van der Waals surface area (Å²) < 4.78 is 9.25. The van der Waals surface area contributed by atoms with E-state index in [0.717, 1.165) is 0 Å². The first-order valence-corrected chi connectivity index (χ1v) is 5.39. The van der Waals surface area contributed by atoms with Crippen molar-refractivity contribution < 1.29 is 23.9 Å². The van der Waals surface area contributed by atoms with E-state index in [1.807, 2.05) is 0 Å². The number of esters is 2. The molecule has 1 aromatic rings. The molecule has 17 heavy (non-hydrogen) atoms. The van der Waals surface area contributed by atoms with Crippen molar-refractivity contribution >= 4 is 32.6 Å². The zero-order valence-corrected chi connectivity index (χ0v) is 10.7. The van der Waals surface area contributed by atoms with E-state index in [2.05, 4.69) is 15.9 Å². The monoisotopic (exact) mass is 300 g/mol. The molecule has 1 aromatic carbocycles. The Hall–Kier alpha value is -1.69. The highest BCUT2D eigenvalue weighted by atomic mass is 79.9. The molecule has 0 N–H and O–H groups in total. The Morgan fingerprint density at radius 1 is 0.941 bits per heavy atom. The average molecular weight is 301 g/mol. The van der Waals surface area contributed by atoms with Crippen LogP contribution in [0, 0.1) is 0 Å². The molecule has 0 atom stereocenters. The molecule has 0 unspecified atom stereocenters. The van der Waals surface area contributed by atoms with Crippen LogP contribution in [0.15, 0.2) is 18.2 Å². The molecule has 0 saturated heterocycles. The molecule has 0 aliphatic rings. The minimum absolute atomic E-state index is 0.138. The molecule has 0 aliphatic carbocycles. The number of carbonyl (C=O) groups is 3. The van der Waals surface area contributed by atoms with Crippen LogP contribution in [0.4, 0.5) is 0 Å². The van der Waals surface area contributed by atoms with Crippen molar-refractivity contribution in [1.82, 2.24) is 0 Å². The largest absolute Gasteiger partial charge is 0.427 e. The molecule has 0 saturated carbocycles. The number of carbonyl (C=O) groups excluding carboxylic acids is 3. The van der Waals surface area contributed by atoms with E-state index >= 15 is 0 Å². The summed E-state index contributed by atoms with van der Waals surface area (Å²) in [5, 5.41) is 0. The smallest absolute Gasteiger partial charge is 0.308 e. The number of ether oxygens (including phenoxy) is 2. The molecule has 6 heteroatoms. The third-order valence-corrected chi connectivity index (χ3v) is 2.09. The van der Waals surface area contributed by atoms with Crippen molar-refractivity contribution in [3.05, 3.63) is 23.8 Å². The molecule has 5 nitrogen and oxygen atoms in total. The van der Waals surface area contributed by atoms with Crippen molar-refractivity contribution in [3.8, 4) is 11.5 Å². The predicted octanol–water partition coefficient (Wildman–Crippen LogP) is 2.07. The molecule has 0 heterocycles. The third kappa shape index (κ3) is 4.36. The fourth-order valence-electron chi connectivity index (χ4n) is 1.13. The van der Waals surface area contributed by atoms with Gasteiger partial charge in [-0.2, -0.15) is 0 Å². The lowest BCUT2D eigenvalue weighted by Crippen LogP contribution is -2.05. The normalized spacial score (nSPS) is 9.59. The maximum Gasteiger partial charge on any atom is 0.308 e. The summed E-state index contributed by atoms with van der Waals surface area (Å²) in [6.07, 6.45) is 0. The number of hydrogen-bond donors (Lipinski definition) is 0. The lowest BCUT2D eigenvalue weighted by atomic mass is 10.2. The van der Waals surface area contributed by atoms with Gasteiger partial charge >= 0.3 is 11.9 Å². The van der Waals surface area contributed by atoms with Gasteiger partial charge in [0.15, 0.2) is 0 Å². The van der Waals surface area contributed by atoms with Crippen molar-refractivity contribution in [1.29, 1.82) is 0 Å². The minimum Gasteiger partial charge on any atom is -0.427 e. The van der Waals surface area contributed by atoms with E-state index in [-0.39, 0.29) is 17.1 Å². The van der Waals surface area contributed by atoms with Gasteiger partial charge in [-0.1, -0.05) is 0 Å². The van der Waals surface area contributed by atoms with Gasteiger partial charge in [-0.25, -0.2) is 0 Å². The number of rotatable bonds is 3. The van der Waals surface area contributed by atoms with Crippen LogP contribution in [0.5, 0.6) is 11.5 Å². The fourth-order valence-corrected chi connectivity index (χ4v) is 1.36. The molecule has 1 rings (SSSR count). The molecule has 0 radical (unpaired) electrons. The lowest BCUT2D eigenvalue weighted by molar-refractivity contribution is -0.132. The van der Waals surface area contributed by atoms with Crippen LogP contribution in [0.3, 0.4) is 0 Å². The summed E-state index contributed by atoms with van der Waals surface area (Å²) in [4.78, 5) is 32.8. The van der Waals surface area contributed by atoms with Crippen LogP contribution >= 0.6 is 15.9 Å². The molecule has 0 spiro atoms. The highest BCUT2D eigenvalue weighted by molar-refractivity contribution is 9.18. The highest BCUT2D eigenvalue weighted by Crippen LogP contribution is 2.24. The Balaban J connectivity index is 3.13. The van der Waals surface area contributed by atoms with E-state index in [1.165, 1.54) is 32.0 Å². The van der Waals surface area contributed by atoms with Crippen molar-refractivity contribution in [2.24, 2.45) is 0 Å². The van der Waals surface area contributed by atoms with E-state index < -0.39 is 16.6 Å². The van der Waals surface area contributed by atoms with Gasteiger partial charge in [0.05, 0.1) is 0 Å². The maximum atomic E-state index is 11.2. The molecule has 90 valence electrons. The summed E-state index contributed by atoms with van der Waals surface area (Å²) in [5.74, 6) is -0.783. The second-order valence-corrected chi connectivity index (χ2v) is 3.87. The SMILES string of the molecule is CC(=O)Oc1cc(OC(C)=O)cc(C(=O)Br)c1. The molecule has 0 bridgehead atoms. The summed E-state index contributed by atoms with van der Waals surface area (Å²) >= 11 is 2.76. The van der Waals surface area contributed by atoms with E-state index in [4.69, 9.17) is 9.47 Å². The summed E-state index contributed by atoms with van der Waals surface area (Å²) in [6, 6.07) is 4.08. The first-order chi connectivity index (χ1) is 7.88. The van der Waals surface area contributed by atoms with Crippen LogP contribution in [0.2, 0.25) is 0 Å². The average Bonchev–Trinajstić information content (AvgIpc) is 2.14. The first kappa shape index (κ1) is 13.4. The van der Waals surface area contributed by atoms with Gasteiger partial charge in [0.1, 0.15) is 11.5 Å². The topological polar surface area (TPSA) is 69.7 Å². The van der Waals surface area contributed by atoms with Crippen molar-refractivity contribution in [2.75, 3.05) is 0 Å². The Morgan fingerprint density at radius 3 is 1.65 bits per heavy atom. The van der Waals surface area contributed by atoms with Crippen LogP contribution in [-0.2, 0) is 9.59 Å². The van der Waals surface area contributed by atoms with Crippen molar-refractivity contribution in [2.45, 2.75) is 13.8 Å². The summed E-state index contributed by atoms with van der Waals surface area (Å²) in [6.45, 7) is 2.46. The van der Waals surface area contributed by atoms with Gasteiger partial charge in [-0.05, 0) is 28.1 Å². The second kappa shape index (κ2) is 5.58. The van der Waals surface area contributed by atoms with Crippen molar-refractivity contribution in [3.63, 3.8) is 0 Å². The third-order valence-electron chi connectivity index (χ3n) is 1.63. The second-order valence-electron chi connectivity index (χ2n) is 3.15. The Bertz CT molecular complexity index is 447. The molecular weight excluding hydrogens is 292 g/mol. The Labute approximate surface area is 106 Å².